The highest BCUT2D eigenvalue weighted by molar-refractivity contribution is 7.99. The van der Waals surface area contributed by atoms with Crippen LogP contribution in [0.2, 0.25) is 0 Å². The lowest BCUT2D eigenvalue weighted by atomic mass is 10.1. The third kappa shape index (κ3) is 4.36. The predicted molar refractivity (Wildman–Crippen MR) is 101 cm³/mol. The molecule has 2 aliphatic heterocycles. The lowest BCUT2D eigenvalue weighted by Gasteiger charge is -2.30. The van der Waals surface area contributed by atoms with E-state index in [2.05, 4.69) is 28.5 Å². The third-order valence-corrected chi connectivity index (χ3v) is 5.63. The molecule has 0 saturated carbocycles. The number of amides is 2. The smallest absolute Gasteiger partial charge is 0.319 e. The summed E-state index contributed by atoms with van der Waals surface area (Å²) in [5, 5.41) is 5.92. The second-order valence-corrected chi connectivity index (χ2v) is 7.76. The van der Waals surface area contributed by atoms with Crippen LogP contribution in [0, 0.1) is 6.92 Å². The minimum absolute atomic E-state index is 0.0266. The largest absolute Gasteiger partial charge is 0.376 e. The Balaban J connectivity index is 1.56. The molecule has 3 rings (SSSR count). The van der Waals surface area contributed by atoms with Gasteiger partial charge in [0.25, 0.3) is 0 Å². The molecule has 132 valence electrons. The average molecular weight is 350 g/mol. The fourth-order valence-electron chi connectivity index (χ4n) is 3.36. The van der Waals surface area contributed by atoms with Crippen LogP contribution in [0.25, 0.3) is 0 Å². The van der Waals surface area contributed by atoms with Gasteiger partial charge in [0, 0.05) is 42.6 Å². The van der Waals surface area contributed by atoms with Gasteiger partial charge in [0.2, 0.25) is 0 Å². The van der Waals surface area contributed by atoms with Gasteiger partial charge < -0.3 is 20.3 Å². The van der Waals surface area contributed by atoms with Crippen molar-refractivity contribution in [3.05, 3.63) is 23.8 Å². The molecule has 0 aliphatic carbocycles. The molecule has 2 fully saturated rings. The van der Waals surface area contributed by atoms with Crippen LogP contribution >= 0.6 is 11.8 Å². The first kappa shape index (κ1) is 17.4. The summed E-state index contributed by atoms with van der Waals surface area (Å²) in [4.78, 5) is 14.6. The molecule has 0 radical (unpaired) electrons. The molecule has 2 amide bonds. The Labute approximate surface area is 148 Å². The zero-order chi connectivity index (χ0) is 16.9. The van der Waals surface area contributed by atoms with Gasteiger partial charge >= 0.3 is 6.03 Å². The summed E-state index contributed by atoms with van der Waals surface area (Å²) < 4.78 is 5.62. The molecular formula is C18H27N3O2S. The highest BCUT2D eigenvalue weighted by atomic mass is 32.2. The molecule has 2 atom stereocenters. The van der Waals surface area contributed by atoms with Crippen molar-refractivity contribution in [1.29, 1.82) is 0 Å². The van der Waals surface area contributed by atoms with Gasteiger partial charge in [-0.3, -0.25) is 0 Å². The van der Waals surface area contributed by atoms with E-state index in [9.17, 15) is 4.79 Å². The maximum Gasteiger partial charge on any atom is 0.319 e. The van der Waals surface area contributed by atoms with Crippen molar-refractivity contribution in [2.45, 2.75) is 38.8 Å². The summed E-state index contributed by atoms with van der Waals surface area (Å²) in [5.74, 6) is 2.37. The fourth-order valence-corrected chi connectivity index (χ4v) is 4.26. The van der Waals surface area contributed by atoms with Gasteiger partial charge in [-0.05, 0) is 50.5 Å². The Kier molecular flexibility index (Phi) is 5.89. The van der Waals surface area contributed by atoms with E-state index in [1.165, 1.54) is 22.8 Å². The van der Waals surface area contributed by atoms with Gasteiger partial charge in [-0.15, -0.1) is 0 Å². The SMILES string of the molecule is Cc1cc(NC(=O)N[C@@H](C)[C@@H]2CCCO2)ccc1N1CCSCC1. The van der Waals surface area contributed by atoms with Crippen LogP contribution in [0.1, 0.15) is 25.3 Å². The Morgan fingerprint density at radius 2 is 2.17 bits per heavy atom. The Morgan fingerprint density at radius 1 is 1.38 bits per heavy atom. The number of carbonyl (C=O) groups is 1. The Bertz CT molecular complexity index is 569. The summed E-state index contributed by atoms with van der Waals surface area (Å²) in [7, 11) is 0. The van der Waals surface area contributed by atoms with Crippen LogP contribution < -0.4 is 15.5 Å². The molecular weight excluding hydrogens is 322 g/mol. The van der Waals surface area contributed by atoms with E-state index in [1.807, 2.05) is 30.8 Å². The van der Waals surface area contributed by atoms with E-state index in [4.69, 9.17) is 4.74 Å². The topological polar surface area (TPSA) is 53.6 Å². The first-order valence-corrected chi connectivity index (χ1v) is 9.91. The van der Waals surface area contributed by atoms with Crippen LogP contribution in [0.3, 0.4) is 0 Å². The second kappa shape index (κ2) is 8.12. The maximum absolute atomic E-state index is 12.2. The van der Waals surface area contributed by atoms with Crippen molar-refractivity contribution in [3.63, 3.8) is 0 Å². The normalized spacial score (nSPS) is 22.2. The van der Waals surface area contributed by atoms with E-state index in [1.54, 1.807) is 0 Å². The van der Waals surface area contributed by atoms with Gasteiger partial charge in [-0.25, -0.2) is 4.79 Å². The molecule has 0 spiro atoms. The monoisotopic (exact) mass is 349 g/mol. The molecule has 2 saturated heterocycles. The van der Waals surface area contributed by atoms with Crippen LogP contribution in [-0.2, 0) is 4.74 Å². The number of rotatable bonds is 4. The van der Waals surface area contributed by atoms with Crippen LogP contribution in [-0.4, -0.2) is 49.4 Å². The zero-order valence-electron chi connectivity index (χ0n) is 14.5. The van der Waals surface area contributed by atoms with Gasteiger partial charge in [0.05, 0.1) is 12.1 Å². The van der Waals surface area contributed by atoms with Gasteiger partial charge in [-0.2, -0.15) is 11.8 Å². The Hall–Kier alpha value is -1.40. The number of ether oxygens (including phenoxy) is 1. The lowest BCUT2D eigenvalue weighted by molar-refractivity contribution is 0.0868. The summed E-state index contributed by atoms with van der Waals surface area (Å²) in [6.45, 7) is 7.09. The average Bonchev–Trinajstić information content (AvgIpc) is 3.10. The molecule has 0 unspecified atom stereocenters. The maximum atomic E-state index is 12.2. The molecule has 1 aromatic rings. The number of carbonyl (C=O) groups excluding carboxylic acids is 1. The van der Waals surface area contributed by atoms with Crippen molar-refractivity contribution in [2.24, 2.45) is 0 Å². The number of aryl methyl sites for hydroxylation is 1. The molecule has 0 aromatic heterocycles. The number of thioether (sulfide) groups is 1. The van der Waals surface area contributed by atoms with E-state index in [-0.39, 0.29) is 18.2 Å². The molecule has 1 aromatic carbocycles. The molecule has 6 heteroatoms. The standard InChI is InChI=1S/C18H27N3O2S/c1-13-12-15(5-6-16(13)21-7-10-24-11-8-21)20-18(22)19-14(2)17-4-3-9-23-17/h5-6,12,14,17H,3-4,7-11H2,1-2H3,(H2,19,20,22)/t14-,17-/m0/s1. The van der Waals surface area contributed by atoms with Crippen LogP contribution in [0.4, 0.5) is 16.2 Å². The minimum atomic E-state index is -0.167. The van der Waals surface area contributed by atoms with Crippen molar-refractivity contribution >= 4 is 29.2 Å². The summed E-state index contributed by atoms with van der Waals surface area (Å²) >= 11 is 2.01. The number of urea groups is 1. The van der Waals surface area contributed by atoms with E-state index in [0.717, 1.165) is 38.2 Å². The molecule has 5 nitrogen and oxygen atoms in total. The molecule has 24 heavy (non-hydrogen) atoms. The quantitative estimate of drug-likeness (QED) is 0.876. The van der Waals surface area contributed by atoms with E-state index >= 15 is 0 Å². The van der Waals surface area contributed by atoms with Gasteiger partial charge in [0.1, 0.15) is 0 Å². The highest BCUT2D eigenvalue weighted by Crippen LogP contribution is 2.26. The van der Waals surface area contributed by atoms with Crippen molar-refractivity contribution in [3.8, 4) is 0 Å². The van der Waals surface area contributed by atoms with Crippen LogP contribution in [0.5, 0.6) is 0 Å². The van der Waals surface area contributed by atoms with E-state index in [0.29, 0.717) is 0 Å². The van der Waals surface area contributed by atoms with Crippen molar-refractivity contribution in [2.75, 3.05) is 41.4 Å². The van der Waals surface area contributed by atoms with Crippen molar-refractivity contribution in [1.82, 2.24) is 5.32 Å². The number of benzene rings is 1. The fraction of sp³-hybridized carbons (Fsp3) is 0.611. The summed E-state index contributed by atoms with van der Waals surface area (Å²) in [5.41, 5.74) is 3.31. The number of anilines is 2. The second-order valence-electron chi connectivity index (χ2n) is 6.54. The predicted octanol–water partition coefficient (Wildman–Crippen LogP) is 3.24. The van der Waals surface area contributed by atoms with Gasteiger partial charge in [0.15, 0.2) is 0 Å². The number of nitrogens with one attached hydrogen (secondary N) is 2. The highest BCUT2D eigenvalue weighted by Gasteiger charge is 2.23. The molecule has 2 aliphatic rings. The number of hydrogen-bond donors (Lipinski definition) is 2. The van der Waals surface area contributed by atoms with Gasteiger partial charge in [-0.1, -0.05) is 0 Å². The zero-order valence-corrected chi connectivity index (χ0v) is 15.3. The molecule has 2 heterocycles. The lowest BCUT2D eigenvalue weighted by Crippen LogP contribution is -2.43. The summed E-state index contributed by atoms with van der Waals surface area (Å²) in [6.07, 6.45) is 2.23. The number of hydrogen-bond acceptors (Lipinski definition) is 4. The van der Waals surface area contributed by atoms with Crippen molar-refractivity contribution < 1.29 is 9.53 Å². The molecule has 0 bridgehead atoms. The number of nitrogens with zero attached hydrogens (tertiary/aromatic N) is 1. The van der Waals surface area contributed by atoms with E-state index < -0.39 is 0 Å². The first-order chi connectivity index (χ1) is 11.6. The molecule has 2 N–H and O–H groups in total. The Morgan fingerprint density at radius 3 is 2.83 bits per heavy atom. The van der Waals surface area contributed by atoms with Crippen LogP contribution in [0.15, 0.2) is 18.2 Å². The minimum Gasteiger partial charge on any atom is -0.376 e. The first-order valence-electron chi connectivity index (χ1n) is 8.76. The summed E-state index contributed by atoms with van der Waals surface area (Å²) in [6, 6.07) is 6.01. The third-order valence-electron chi connectivity index (χ3n) is 4.69.